The van der Waals surface area contributed by atoms with Crippen molar-refractivity contribution in [1.82, 2.24) is 15.3 Å². The van der Waals surface area contributed by atoms with Gasteiger partial charge in [0.05, 0.1) is 0 Å². The number of aromatic nitrogens is 2. The number of nitrogens with zero attached hydrogens (tertiary/aromatic N) is 2. The molecule has 1 saturated heterocycles. The van der Waals surface area contributed by atoms with Crippen molar-refractivity contribution in [2.45, 2.75) is 26.2 Å². The molecule has 2 N–H and O–H groups in total. The summed E-state index contributed by atoms with van der Waals surface area (Å²) in [6.45, 7) is 4.36. The van der Waals surface area contributed by atoms with Gasteiger partial charge in [0.15, 0.2) is 5.13 Å². The lowest BCUT2D eigenvalue weighted by Crippen LogP contribution is -2.28. The van der Waals surface area contributed by atoms with Crippen LogP contribution in [0, 0.1) is 12.8 Å². The fourth-order valence-electron chi connectivity index (χ4n) is 2.61. The molecule has 2 aromatic rings. The Morgan fingerprint density at radius 1 is 1.35 bits per heavy atom. The number of pyridine rings is 1. The first-order valence-corrected chi connectivity index (χ1v) is 7.96. The van der Waals surface area contributed by atoms with Gasteiger partial charge in [-0.3, -0.25) is 0 Å². The molecule has 3 heterocycles. The number of rotatable bonds is 4. The molecule has 1 aliphatic rings. The molecule has 1 aliphatic heterocycles. The summed E-state index contributed by atoms with van der Waals surface area (Å²) in [5.74, 6) is 1.69. The van der Waals surface area contributed by atoms with E-state index in [0.717, 1.165) is 36.4 Å². The Balaban J connectivity index is 1.65. The molecule has 0 saturated carbocycles. The average molecular weight is 288 g/mol. The molecule has 4 nitrogen and oxygen atoms in total. The van der Waals surface area contributed by atoms with Crippen LogP contribution in [0.4, 0.5) is 10.9 Å². The molecule has 0 spiro atoms. The number of anilines is 2. The van der Waals surface area contributed by atoms with E-state index in [1.54, 1.807) is 11.3 Å². The lowest BCUT2D eigenvalue weighted by molar-refractivity contribution is 0.372. The minimum absolute atomic E-state index is 0.800. The quantitative estimate of drug-likeness (QED) is 0.907. The molecule has 106 valence electrons. The molecule has 1 fully saturated rings. The fraction of sp³-hybridized carbons (Fsp3) is 0.467. The van der Waals surface area contributed by atoms with Crippen molar-refractivity contribution in [1.29, 1.82) is 0 Å². The van der Waals surface area contributed by atoms with Crippen molar-refractivity contribution in [3.63, 3.8) is 0 Å². The van der Waals surface area contributed by atoms with Gasteiger partial charge in [0.25, 0.3) is 0 Å². The summed E-state index contributed by atoms with van der Waals surface area (Å²) >= 11 is 1.65. The van der Waals surface area contributed by atoms with E-state index in [9.17, 15) is 0 Å². The highest BCUT2D eigenvalue weighted by Gasteiger charge is 2.13. The molecular formula is C15H20N4S. The maximum Gasteiger partial charge on any atom is 0.188 e. The van der Waals surface area contributed by atoms with E-state index in [1.807, 2.05) is 12.4 Å². The second-order valence-electron chi connectivity index (χ2n) is 5.35. The fourth-order valence-corrected chi connectivity index (χ4v) is 3.28. The smallest absolute Gasteiger partial charge is 0.188 e. The van der Waals surface area contributed by atoms with Gasteiger partial charge in [0.2, 0.25) is 0 Å². The summed E-state index contributed by atoms with van der Waals surface area (Å²) in [5, 5.41) is 7.61. The third-order valence-corrected chi connectivity index (χ3v) is 4.49. The minimum Gasteiger partial charge on any atom is -0.317 e. The van der Waals surface area contributed by atoms with E-state index in [2.05, 4.69) is 39.7 Å². The number of thiazole rings is 1. The Bertz CT molecular complexity index is 561. The van der Waals surface area contributed by atoms with Crippen molar-refractivity contribution in [3.8, 4) is 0 Å². The third kappa shape index (κ3) is 3.55. The summed E-state index contributed by atoms with van der Waals surface area (Å²) in [6.07, 6.45) is 7.47. The molecule has 0 atom stereocenters. The Hall–Kier alpha value is -1.46. The molecule has 20 heavy (non-hydrogen) atoms. The average Bonchev–Trinajstić information content (AvgIpc) is 2.86. The van der Waals surface area contributed by atoms with E-state index >= 15 is 0 Å². The highest BCUT2D eigenvalue weighted by atomic mass is 32.1. The largest absolute Gasteiger partial charge is 0.317 e. The van der Waals surface area contributed by atoms with Crippen LogP contribution in [0.2, 0.25) is 0 Å². The normalized spacial score (nSPS) is 16.2. The van der Waals surface area contributed by atoms with Crippen LogP contribution in [0.15, 0.2) is 24.5 Å². The lowest BCUT2D eigenvalue weighted by atomic mass is 9.91. The van der Waals surface area contributed by atoms with Crippen LogP contribution >= 0.6 is 11.3 Å². The van der Waals surface area contributed by atoms with Crippen molar-refractivity contribution < 1.29 is 0 Å². The van der Waals surface area contributed by atoms with Crippen molar-refractivity contribution >= 4 is 22.3 Å². The Morgan fingerprint density at radius 3 is 2.95 bits per heavy atom. The number of aryl methyl sites for hydroxylation is 1. The second-order valence-corrected chi connectivity index (χ2v) is 6.58. The summed E-state index contributed by atoms with van der Waals surface area (Å²) in [6, 6.07) is 4.28. The van der Waals surface area contributed by atoms with Gasteiger partial charge in [-0.15, -0.1) is 11.3 Å². The second kappa shape index (κ2) is 6.33. The monoisotopic (exact) mass is 288 g/mol. The number of hydrogen-bond donors (Lipinski definition) is 2. The van der Waals surface area contributed by atoms with Crippen LogP contribution in [0.1, 0.15) is 23.3 Å². The van der Waals surface area contributed by atoms with Crippen LogP contribution in [-0.4, -0.2) is 23.1 Å². The first kappa shape index (κ1) is 13.5. The van der Waals surface area contributed by atoms with Crippen LogP contribution in [0.5, 0.6) is 0 Å². The van der Waals surface area contributed by atoms with Crippen molar-refractivity contribution in [2.75, 3.05) is 18.4 Å². The zero-order valence-corrected chi connectivity index (χ0v) is 12.5. The molecule has 0 aliphatic carbocycles. The lowest BCUT2D eigenvalue weighted by Gasteiger charge is -2.22. The van der Waals surface area contributed by atoms with Crippen LogP contribution in [0.3, 0.4) is 0 Å². The number of nitrogens with one attached hydrogen (secondary N) is 2. The maximum atomic E-state index is 4.38. The summed E-state index contributed by atoms with van der Waals surface area (Å²) in [4.78, 5) is 9.90. The van der Waals surface area contributed by atoms with E-state index in [-0.39, 0.29) is 0 Å². The topological polar surface area (TPSA) is 49.8 Å². The highest BCUT2D eigenvalue weighted by Crippen LogP contribution is 2.23. The van der Waals surface area contributed by atoms with E-state index in [0.29, 0.717) is 0 Å². The molecule has 2 aromatic heterocycles. The van der Waals surface area contributed by atoms with Crippen molar-refractivity contribution in [3.05, 3.63) is 35.0 Å². The third-order valence-electron chi connectivity index (χ3n) is 3.66. The number of piperidine rings is 1. The van der Waals surface area contributed by atoms with Crippen LogP contribution in [-0.2, 0) is 6.42 Å². The molecular weight excluding hydrogens is 268 g/mol. The SMILES string of the molecule is Cc1cnc(Nc2cc(CC3CCNCC3)ccn2)s1. The molecule has 5 heteroatoms. The van der Waals surface area contributed by atoms with Gasteiger partial charge in [-0.1, -0.05) is 0 Å². The van der Waals surface area contributed by atoms with Gasteiger partial charge in [-0.2, -0.15) is 0 Å². The molecule has 3 rings (SSSR count). The summed E-state index contributed by atoms with van der Waals surface area (Å²) in [7, 11) is 0. The Morgan fingerprint density at radius 2 is 2.20 bits per heavy atom. The zero-order chi connectivity index (χ0) is 13.8. The molecule has 0 radical (unpaired) electrons. The number of hydrogen-bond acceptors (Lipinski definition) is 5. The Labute approximate surface area is 123 Å². The molecule has 0 amide bonds. The predicted molar refractivity (Wildman–Crippen MR) is 83.7 cm³/mol. The van der Waals surface area contributed by atoms with Gasteiger partial charge in [-0.25, -0.2) is 9.97 Å². The minimum atomic E-state index is 0.800. The zero-order valence-electron chi connectivity index (χ0n) is 11.7. The van der Waals surface area contributed by atoms with Gasteiger partial charge in [0, 0.05) is 17.3 Å². The van der Waals surface area contributed by atoms with Crippen molar-refractivity contribution in [2.24, 2.45) is 5.92 Å². The molecule has 0 unspecified atom stereocenters. The van der Waals surface area contributed by atoms with E-state index in [4.69, 9.17) is 0 Å². The van der Waals surface area contributed by atoms with Crippen LogP contribution < -0.4 is 10.6 Å². The molecule has 0 aromatic carbocycles. The van der Waals surface area contributed by atoms with Gasteiger partial charge < -0.3 is 10.6 Å². The summed E-state index contributed by atoms with van der Waals surface area (Å²) in [5.41, 5.74) is 1.36. The maximum absolute atomic E-state index is 4.38. The van der Waals surface area contributed by atoms with E-state index < -0.39 is 0 Å². The molecule has 0 bridgehead atoms. The van der Waals surface area contributed by atoms with Gasteiger partial charge >= 0.3 is 0 Å². The van der Waals surface area contributed by atoms with Gasteiger partial charge in [-0.05, 0) is 62.9 Å². The Kier molecular flexibility index (Phi) is 4.28. The summed E-state index contributed by atoms with van der Waals surface area (Å²) < 4.78 is 0. The first-order valence-electron chi connectivity index (χ1n) is 7.15. The van der Waals surface area contributed by atoms with Gasteiger partial charge in [0.1, 0.15) is 5.82 Å². The predicted octanol–water partition coefficient (Wildman–Crippen LogP) is 3.13. The first-order chi connectivity index (χ1) is 9.79. The highest BCUT2D eigenvalue weighted by molar-refractivity contribution is 7.15. The standard InChI is InChI=1S/C15H20N4S/c1-11-10-18-15(20-11)19-14-9-13(4-7-17-14)8-12-2-5-16-6-3-12/h4,7,9-10,12,16H,2-3,5-6,8H2,1H3,(H,17,18,19). The van der Waals surface area contributed by atoms with E-state index in [1.165, 1.54) is 23.3 Å². The van der Waals surface area contributed by atoms with Crippen LogP contribution in [0.25, 0.3) is 0 Å².